The van der Waals surface area contributed by atoms with Crippen molar-refractivity contribution in [3.63, 3.8) is 0 Å². The highest BCUT2D eigenvalue weighted by atomic mass is 16.5. The van der Waals surface area contributed by atoms with Crippen LogP contribution in [0.1, 0.15) is 53.7 Å². The van der Waals surface area contributed by atoms with E-state index in [0.29, 0.717) is 11.0 Å². The number of amides is 2. The van der Waals surface area contributed by atoms with Gasteiger partial charge in [0, 0.05) is 29.8 Å². The number of carbonyl (C=O) groups excluding carboxylic acids is 2. The highest BCUT2D eigenvalue weighted by molar-refractivity contribution is 5.97. The Morgan fingerprint density at radius 2 is 1.69 bits per heavy atom. The molecule has 0 heterocycles. The van der Waals surface area contributed by atoms with Gasteiger partial charge in [-0.3, -0.25) is 14.8 Å². The zero-order valence-corrected chi connectivity index (χ0v) is 20.3. The Labute approximate surface area is 206 Å². The van der Waals surface area contributed by atoms with Gasteiger partial charge in [0.25, 0.3) is 11.8 Å². The van der Waals surface area contributed by atoms with Crippen LogP contribution < -0.4 is 21.8 Å². The molecule has 2 bridgehead atoms. The van der Waals surface area contributed by atoms with E-state index >= 15 is 0 Å². The summed E-state index contributed by atoms with van der Waals surface area (Å²) in [5.41, 5.74) is 10.8. The van der Waals surface area contributed by atoms with Gasteiger partial charge in [0.2, 0.25) is 0 Å². The van der Waals surface area contributed by atoms with Gasteiger partial charge in [-0.25, -0.2) is 5.48 Å². The zero-order valence-electron chi connectivity index (χ0n) is 20.3. The second kappa shape index (κ2) is 10.6. The highest BCUT2D eigenvalue weighted by Gasteiger charge is 2.57. The van der Waals surface area contributed by atoms with Gasteiger partial charge in [0.15, 0.2) is 0 Å². The molecule has 6 N–H and O–H groups in total. The number of hydrogen-bond acceptors (Lipinski definition) is 5. The van der Waals surface area contributed by atoms with Crippen molar-refractivity contribution in [3.05, 3.63) is 70.8 Å². The van der Waals surface area contributed by atoms with Crippen LogP contribution in [-0.2, 0) is 11.3 Å². The number of fused-ring (bicyclic) bond motifs is 1. The molecule has 7 nitrogen and oxygen atoms in total. The lowest BCUT2D eigenvalue weighted by molar-refractivity contribution is -0.130. The van der Waals surface area contributed by atoms with Crippen LogP contribution in [-0.4, -0.2) is 36.2 Å². The molecule has 3 fully saturated rings. The maximum Gasteiger partial charge on any atom is 0.267 e. The minimum Gasteiger partial charge on any atom is -0.339 e. The van der Waals surface area contributed by atoms with Crippen LogP contribution in [0.4, 0.5) is 0 Å². The van der Waals surface area contributed by atoms with Gasteiger partial charge >= 0.3 is 0 Å². The quantitative estimate of drug-likeness (QED) is 0.229. The normalized spacial score (nSPS) is 22.3. The lowest BCUT2D eigenvalue weighted by Crippen LogP contribution is -2.50. The molecule has 0 radical (unpaired) electrons. The largest absolute Gasteiger partial charge is 0.339 e. The number of hydrogen-bond donors (Lipinski definition) is 5. The molecule has 2 amide bonds. The van der Waals surface area contributed by atoms with Gasteiger partial charge in [-0.05, 0) is 84.5 Å². The van der Waals surface area contributed by atoms with Gasteiger partial charge in [-0.1, -0.05) is 37.8 Å². The summed E-state index contributed by atoms with van der Waals surface area (Å²) in [6.07, 6.45) is 2.79. The smallest absolute Gasteiger partial charge is 0.267 e. The third-order valence-corrected chi connectivity index (χ3v) is 7.86. The monoisotopic (exact) mass is 474 g/mol. The fraction of sp³-hybridized carbons (Fsp3) is 0.429. The Bertz CT molecular complexity index is 1120. The predicted octanol–water partition coefficient (Wildman–Crippen LogP) is 2.42. The third kappa shape index (κ3) is 5.57. The second-order valence-corrected chi connectivity index (χ2v) is 10.2. The molecule has 0 unspecified atom stereocenters. The number of benzene rings is 2. The number of nitrogens with one attached hydrogen (secondary N) is 3. The summed E-state index contributed by atoms with van der Waals surface area (Å²) in [5.74, 6) is 7.67. The molecule has 0 aliphatic heterocycles. The number of carbonyl (C=O) groups is 2. The standard InChI is InChI=1S/C28H34N4O3/c1-28(2)23-13-22(24(28)14-23)17-30-16-20-7-5-18(6-8-20)3-4-19-9-11-21(12-10-19)26(33)31-25(15-29)27(34)32-35/h5-12,22-25,30,35H,13-17,29H2,1-2H3,(H,31,33)(H,32,34)/t22-,23-,24-,25-/m0/s1. The molecule has 0 aromatic heterocycles. The SMILES string of the molecule is CC1(C)[C@H]2C[C@@H](CNCc3ccc(C#Cc4ccc(C(=O)N[C@@H](CN)C(=O)NO)cc4)cc3)[C@@H]1C2. The first-order chi connectivity index (χ1) is 16.8. The molecule has 3 saturated carbocycles. The Kier molecular flexibility index (Phi) is 7.56. The van der Waals surface area contributed by atoms with Crippen molar-refractivity contribution in [1.29, 1.82) is 0 Å². The fourth-order valence-electron chi connectivity index (χ4n) is 5.52. The lowest BCUT2D eigenvalue weighted by Gasteiger charge is -2.45. The Hall–Kier alpha value is -3.18. The maximum atomic E-state index is 12.3. The first-order valence-electron chi connectivity index (χ1n) is 12.2. The summed E-state index contributed by atoms with van der Waals surface area (Å²) in [7, 11) is 0. The lowest BCUT2D eigenvalue weighted by atomic mass is 9.60. The van der Waals surface area contributed by atoms with E-state index in [9.17, 15) is 9.59 Å². The third-order valence-electron chi connectivity index (χ3n) is 7.86. The van der Waals surface area contributed by atoms with E-state index in [-0.39, 0.29) is 6.54 Å². The molecule has 3 aliphatic rings. The number of hydroxylamine groups is 1. The summed E-state index contributed by atoms with van der Waals surface area (Å²) in [4.78, 5) is 23.8. The number of nitrogens with two attached hydrogens (primary N) is 1. The summed E-state index contributed by atoms with van der Waals surface area (Å²) >= 11 is 0. The van der Waals surface area contributed by atoms with Crippen molar-refractivity contribution in [2.24, 2.45) is 28.9 Å². The van der Waals surface area contributed by atoms with Gasteiger partial charge in [-0.15, -0.1) is 0 Å². The number of rotatable bonds is 8. The summed E-state index contributed by atoms with van der Waals surface area (Å²) in [6, 6.07) is 14.0. The molecular weight excluding hydrogens is 440 g/mol. The van der Waals surface area contributed by atoms with Crippen LogP contribution in [0.25, 0.3) is 0 Å². The van der Waals surface area contributed by atoms with Crippen molar-refractivity contribution in [2.75, 3.05) is 13.1 Å². The van der Waals surface area contributed by atoms with Crippen molar-refractivity contribution < 1.29 is 14.8 Å². The molecule has 3 aliphatic carbocycles. The van der Waals surface area contributed by atoms with Gasteiger partial charge < -0.3 is 16.4 Å². The van der Waals surface area contributed by atoms with Crippen molar-refractivity contribution in [3.8, 4) is 11.8 Å². The molecule has 184 valence electrons. The fourth-order valence-corrected chi connectivity index (χ4v) is 5.52. The van der Waals surface area contributed by atoms with Crippen LogP contribution >= 0.6 is 0 Å². The van der Waals surface area contributed by atoms with Crippen molar-refractivity contribution >= 4 is 11.8 Å². The summed E-state index contributed by atoms with van der Waals surface area (Å²) in [5, 5.41) is 14.8. The molecule has 35 heavy (non-hydrogen) atoms. The minimum absolute atomic E-state index is 0.129. The topological polar surface area (TPSA) is 116 Å². The Morgan fingerprint density at radius 1 is 1.06 bits per heavy atom. The van der Waals surface area contributed by atoms with Gasteiger partial charge in [-0.2, -0.15) is 0 Å². The van der Waals surface area contributed by atoms with Gasteiger partial charge in [0.05, 0.1) is 0 Å². The molecule has 4 atom stereocenters. The Balaban J connectivity index is 1.26. The van der Waals surface area contributed by atoms with Crippen LogP contribution in [0.5, 0.6) is 0 Å². The average molecular weight is 475 g/mol. The maximum absolute atomic E-state index is 12.3. The molecule has 5 rings (SSSR count). The molecular formula is C28H34N4O3. The van der Waals surface area contributed by atoms with E-state index < -0.39 is 17.9 Å². The molecule has 2 aromatic carbocycles. The van der Waals surface area contributed by atoms with Gasteiger partial charge in [0.1, 0.15) is 6.04 Å². The van der Waals surface area contributed by atoms with Crippen LogP contribution in [0.2, 0.25) is 0 Å². The summed E-state index contributed by atoms with van der Waals surface area (Å²) < 4.78 is 0. The molecule has 2 aromatic rings. The summed E-state index contributed by atoms with van der Waals surface area (Å²) in [6.45, 7) is 6.70. The van der Waals surface area contributed by atoms with Crippen LogP contribution in [0, 0.1) is 35.0 Å². The second-order valence-electron chi connectivity index (χ2n) is 10.2. The highest BCUT2D eigenvalue weighted by Crippen LogP contribution is 2.64. The van der Waals surface area contributed by atoms with Crippen molar-refractivity contribution in [1.82, 2.24) is 16.1 Å². The van der Waals surface area contributed by atoms with E-state index in [2.05, 4.69) is 48.5 Å². The molecule has 0 saturated heterocycles. The first-order valence-corrected chi connectivity index (χ1v) is 12.2. The van der Waals surface area contributed by atoms with E-state index in [0.717, 1.165) is 42.0 Å². The van der Waals surface area contributed by atoms with E-state index in [4.69, 9.17) is 10.9 Å². The minimum atomic E-state index is -1.01. The molecule has 7 heteroatoms. The molecule has 0 spiro atoms. The van der Waals surface area contributed by atoms with Crippen LogP contribution in [0.15, 0.2) is 48.5 Å². The van der Waals surface area contributed by atoms with E-state index in [1.165, 1.54) is 23.9 Å². The van der Waals surface area contributed by atoms with Crippen molar-refractivity contribution in [2.45, 2.75) is 39.3 Å². The predicted molar refractivity (Wildman–Crippen MR) is 134 cm³/mol. The van der Waals surface area contributed by atoms with E-state index in [1.807, 2.05) is 12.1 Å². The van der Waals surface area contributed by atoms with E-state index in [1.54, 1.807) is 24.3 Å². The zero-order chi connectivity index (χ0) is 25.0. The Morgan fingerprint density at radius 3 is 2.20 bits per heavy atom. The van der Waals surface area contributed by atoms with Crippen LogP contribution in [0.3, 0.4) is 0 Å². The average Bonchev–Trinajstić information content (AvgIpc) is 3.43. The first kappa shape index (κ1) is 24.9.